The Morgan fingerprint density at radius 2 is 2.33 bits per heavy atom. The Morgan fingerprint density at radius 3 is 2.94 bits per heavy atom. The summed E-state index contributed by atoms with van der Waals surface area (Å²) in [6, 6.07) is 0. The van der Waals surface area contributed by atoms with Gasteiger partial charge in [-0.05, 0) is 43.9 Å². The summed E-state index contributed by atoms with van der Waals surface area (Å²) >= 11 is 6.08. The molecule has 0 saturated heterocycles. The number of carbonyl (C=O) groups excluding carboxylic acids is 1. The molecule has 0 N–H and O–H groups in total. The molecule has 3 atom stereocenters. The zero-order chi connectivity index (χ0) is 12.7. The summed E-state index contributed by atoms with van der Waals surface area (Å²) in [5, 5.41) is 4.65. The molecule has 18 heavy (non-hydrogen) atoms. The smallest absolute Gasteiger partial charge is 0.182 e. The lowest BCUT2D eigenvalue weighted by atomic mass is 9.85. The SMILES string of the molecule is CCn1ncc(Cl)c1C(=O)CC1CC2CCC1C2. The van der Waals surface area contributed by atoms with Crippen LogP contribution in [0.3, 0.4) is 0 Å². The molecule has 0 spiro atoms. The number of aromatic nitrogens is 2. The van der Waals surface area contributed by atoms with E-state index >= 15 is 0 Å². The first-order valence-electron chi connectivity index (χ1n) is 6.93. The van der Waals surface area contributed by atoms with Gasteiger partial charge < -0.3 is 0 Å². The van der Waals surface area contributed by atoms with E-state index in [1.807, 2.05) is 6.92 Å². The van der Waals surface area contributed by atoms with E-state index in [4.69, 9.17) is 11.6 Å². The van der Waals surface area contributed by atoms with Gasteiger partial charge in [-0.15, -0.1) is 0 Å². The molecule has 3 unspecified atom stereocenters. The highest BCUT2D eigenvalue weighted by molar-refractivity contribution is 6.33. The number of ketones is 1. The standard InChI is InChI=1S/C14H19ClN2O/c1-2-17-14(12(15)8-16-17)13(18)7-11-6-9-3-4-10(11)5-9/h8-11H,2-7H2,1H3. The number of hydrogen-bond acceptors (Lipinski definition) is 2. The van der Waals surface area contributed by atoms with Crippen molar-refractivity contribution in [1.82, 2.24) is 9.78 Å². The maximum atomic E-state index is 12.4. The summed E-state index contributed by atoms with van der Waals surface area (Å²) in [4.78, 5) is 12.4. The van der Waals surface area contributed by atoms with E-state index in [0.717, 1.165) is 11.8 Å². The molecular formula is C14H19ClN2O. The van der Waals surface area contributed by atoms with E-state index < -0.39 is 0 Å². The maximum Gasteiger partial charge on any atom is 0.182 e. The van der Waals surface area contributed by atoms with Crippen LogP contribution in [0.4, 0.5) is 0 Å². The van der Waals surface area contributed by atoms with Gasteiger partial charge in [-0.2, -0.15) is 5.10 Å². The molecule has 2 saturated carbocycles. The Bertz CT molecular complexity index is 468. The van der Waals surface area contributed by atoms with Crippen LogP contribution in [-0.4, -0.2) is 15.6 Å². The molecule has 2 aliphatic rings. The van der Waals surface area contributed by atoms with E-state index in [1.165, 1.54) is 25.7 Å². The van der Waals surface area contributed by atoms with Crippen LogP contribution in [0.25, 0.3) is 0 Å². The Morgan fingerprint density at radius 1 is 1.50 bits per heavy atom. The molecule has 1 aromatic heterocycles. The summed E-state index contributed by atoms with van der Waals surface area (Å²) in [5.41, 5.74) is 0.613. The largest absolute Gasteiger partial charge is 0.292 e. The van der Waals surface area contributed by atoms with Gasteiger partial charge in [-0.3, -0.25) is 9.48 Å². The number of aryl methyl sites for hydroxylation is 1. The Labute approximate surface area is 113 Å². The van der Waals surface area contributed by atoms with Gasteiger partial charge in [0.25, 0.3) is 0 Å². The molecule has 0 aliphatic heterocycles. The molecular weight excluding hydrogens is 248 g/mol. The van der Waals surface area contributed by atoms with Gasteiger partial charge in [0.15, 0.2) is 5.78 Å². The number of nitrogens with zero attached hydrogens (tertiary/aromatic N) is 2. The van der Waals surface area contributed by atoms with Gasteiger partial charge in [-0.25, -0.2) is 0 Å². The van der Waals surface area contributed by atoms with Crippen LogP contribution in [0, 0.1) is 17.8 Å². The van der Waals surface area contributed by atoms with Gasteiger partial charge in [0.1, 0.15) is 5.69 Å². The zero-order valence-corrected chi connectivity index (χ0v) is 11.5. The second-order valence-electron chi connectivity index (χ2n) is 5.72. The lowest BCUT2D eigenvalue weighted by molar-refractivity contribution is 0.0934. The molecule has 0 radical (unpaired) electrons. The van der Waals surface area contributed by atoms with E-state index in [9.17, 15) is 4.79 Å². The average Bonchev–Trinajstić information content (AvgIpc) is 3.03. The highest BCUT2D eigenvalue weighted by Gasteiger charge is 2.40. The number of fused-ring (bicyclic) bond motifs is 2. The quantitative estimate of drug-likeness (QED) is 0.781. The van der Waals surface area contributed by atoms with Crippen LogP contribution in [-0.2, 0) is 6.54 Å². The van der Waals surface area contributed by atoms with E-state index in [1.54, 1.807) is 10.9 Å². The van der Waals surface area contributed by atoms with Crippen LogP contribution >= 0.6 is 11.6 Å². The van der Waals surface area contributed by atoms with E-state index in [-0.39, 0.29) is 5.78 Å². The molecule has 3 nitrogen and oxygen atoms in total. The molecule has 2 bridgehead atoms. The minimum absolute atomic E-state index is 0.178. The van der Waals surface area contributed by atoms with Gasteiger partial charge in [0.2, 0.25) is 0 Å². The molecule has 0 aromatic carbocycles. The number of carbonyl (C=O) groups is 1. The topological polar surface area (TPSA) is 34.9 Å². The van der Waals surface area contributed by atoms with Crippen molar-refractivity contribution in [3.63, 3.8) is 0 Å². The Kier molecular flexibility index (Phi) is 3.18. The van der Waals surface area contributed by atoms with Crippen LogP contribution in [0.5, 0.6) is 0 Å². The first kappa shape index (κ1) is 12.2. The molecule has 1 aromatic rings. The van der Waals surface area contributed by atoms with E-state index in [2.05, 4.69) is 5.10 Å². The predicted molar refractivity (Wildman–Crippen MR) is 70.8 cm³/mol. The third-order valence-corrected chi connectivity index (χ3v) is 4.97. The van der Waals surface area contributed by atoms with Crippen LogP contribution < -0.4 is 0 Å². The average molecular weight is 267 g/mol. The minimum Gasteiger partial charge on any atom is -0.292 e. The summed E-state index contributed by atoms with van der Waals surface area (Å²) < 4.78 is 1.72. The summed E-state index contributed by atoms with van der Waals surface area (Å²) in [6.07, 6.45) is 7.53. The fraction of sp³-hybridized carbons (Fsp3) is 0.714. The van der Waals surface area contributed by atoms with Crippen molar-refractivity contribution in [3.05, 3.63) is 16.9 Å². The number of halogens is 1. The molecule has 98 valence electrons. The second kappa shape index (κ2) is 4.69. The van der Waals surface area contributed by atoms with Crippen molar-refractivity contribution in [1.29, 1.82) is 0 Å². The van der Waals surface area contributed by atoms with E-state index in [0.29, 0.717) is 29.6 Å². The van der Waals surface area contributed by atoms with Gasteiger partial charge >= 0.3 is 0 Å². The zero-order valence-electron chi connectivity index (χ0n) is 10.7. The monoisotopic (exact) mass is 266 g/mol. The highest BCUT2D eigenvalue weighted by atomic mass is 35.5. The van der Waals surface area contributed by atoms with Crippen molar-refractivity contribution in [2.75, 3.05) is 0 Å². The Hall–Kier alpha value is -0.830. The molecule has 4 heteroatoms. The summed E-state index contributed by atoms with van der Waals surface area (Å²) in [5.74, 6) is 2.44. The molecule has 1 heterocycles. The summed E-state index contributed by atoms with van der Waals surface area (Å²) in [6.45, 7) is 2.68. The van der Waals surface area contributed by atoms with Crippen LogP contribution in [0.2, 0.25) is 5.02 Å². The number of rotatable bonds is 4. The first-order valence-corrected chi connectivity index (χ1v) is 7.31. The molecule has 0 amide bonds. The van der Waals surface area contributed by atoms with Crippen LogP contribution in [0.15, 0.2) is 6.20 Å². The third kappa shape index (κ3) is 1.99. The lowest BCUT2D eigenvalue weighted by Crippen LogP contribution is -2.18. The van der Waals surface area contributed by atoms with Crippen molar-refractivity contribution in [3.8, 4) is 0 Å². The van der Waals surface area contributed by atoms with Crippen LogP contribution in [0.1, 0.15) is 49.5 Å². The van der Waals surface area contributed by atoms with Crippen molar-refractivity contribution >= 4 is 17.4 Å². The van der Waals surface area contributed by atoms with Gasteiger partial charge in [-0.1, -0.05) is 18.0 Å². The predicted octanol–water partition coefficient (Wildman–Crippen LogP) is 3.57. The second-order valence-corrected chi connectivity index (χ2v) is 6.13. The van der Waals surface area contributed by atoms with Crippen molar-refractivity contribution in [2.24, 2.45) is 17.8 Å². The number of Topliss-reactive ketones (excluding diaryl/α,β-unsaturated/α-hetero) is 1. The van der Waals surface area contributed by atoms with Crippen molar-refractivity contribution in [2.45, 2.75) is 45.6 Å². The van der Waals surface area contributed by atoms with Gasteiger partial charge in [0.05, 0.1) is 11.2 Å². The third-order valence-electron chi connectivity index (χ3n) is 4.69. The number of hydrogen-bond donors (Lipinski definition) is 0. The molecule has 2 fully saturated rings. The minimum atomic E-state index is 0.178. The molecule has 2 aliphatic carbocycles. The molecule has 3 rings (SSSR count). The van der Waals surface area contributed by atoms with Gasteiger partial charge in [0, 0.05) is 13.0 Å². The maximum absolute atomic E-state index is 12.4. The lowest BCUT2D eigenvalue weighted by Gasteiger charge is -2.20. The normalized spacial score (nSPS) is 30.0. The fourth-order valence-corrected chi connectivity index (χ4v) is 4.09. The fourth-order valence-electron chi connectivity index (χ4n) is 3.84. The van der Waals surface area contributed by atoms with Crippen molar-refractivity contribution < 1.29 is 4.79 Å². The Balaban J connectivity index is 1.73. The first-order chi connectivity index (χ1) is 8.69. The summed E-state index contributed by atoms with van der Waals surface area (Å²) in [7, 11) is 0. The highest BCUT2D eigenvalue weighted by Crippen LogP contribution is 2.49.